The van der Waals surface area contributed by atoms with E-state index in [4.69, 9.17) is 4.74 Å². The van der Waals surface area contributed by atoms with Crippen LogP contribution in [0.4, 0.5) is 5.69 Å². The smallest absolute Gasteiger partial charge is 0.0733 e. The first-order chi connectivity index (χ1) is 8.29. The van der Waals surface area contributed by atoms with E-state index in [1.165, 1.54) is 10.4 Å². The highest BCUT2D eigenvalue weighted by atomic mass is 79.9. The number of para-hydroxylation sites is 1. The zero-order chi connectivity index (χ0) is 12.1. The highest BCUT2D eigenvalue weighted by Gasteiger charge is 2.02. The SMILES string of the molecule is COCc1ccccc1NCc1cc(Br)cs1. The van der Waals surface area contributed by atoms with E-state index in [0.717, 1.165) is 16.7 Å². The van der Waals surface area contributed by atoms with Gasteiger partial charge >= 0.3 is 0 Å². The second kappa shape index (κ2) is 6.19. The molecule has 17 heavy (non-hydrogen) atoms. The fourth-order valence-corrected chi connectivity index (χ4v) is 2.99. The van der Waals surface area contributed by atoms with Crippen LogP contribution in [0, 0.1) is 0 Å². The lowest BCUT2D eigenvalue weighted by Crippen LogP contribution is -2.01. The number of hydrogen-bond acceptors (Lipinski definition) is 3. The summed E-state index contributed by atoms with van der Waals surface area (Å²) in [6, 6.07) is 10.4. The van der Waals surface area contributed by atoms with E-state index in [-0.39, 0.29) is 0 Å². The fourth-order valence-electron chi connectivity index (χ4n) is 1.60. The second-order valence-corrected chi connectivity index (χ2v) is 5.59. The molecule has 0 unspecified atom stereocenters. The summed E-state index contributed by atoms with van der Waals surface area (Å²) >= 11 is 5.21. The molecule has 1 N–H and O–H groups in total. The Bertz CT molecular complexity index is 484. The first kappa shape index (κ1) is 12.6. The number of thiophene rings is 1. The normalized spacial score (nSPS) is 10.5. The van der Waals surface area contributed by atoms with Gasteiger partial charge in [-0.1, -0.05) is 18.2 Å². The summed E-state index contributed by atoms with van der Waals surface area (Å²) in [5.74, 6) is 0. The Balaban J connectivity index is 2.03. The van der Waals surface area contributed by atoms with Crippen LogP contribution in [-0.4, -0.2) is 7.11 Å². The molecule has 1 aromatic carbocycles. The maximum absolute atomic E-state index is 5.18. The maximum atomic E-state index is 5.18. The van der Waals surface area contributed by atoms with Crippen molar-refractivity contribution < 1.29 is 4.74 Å². The third-order valence-electron chi connectivity index (χ3n) is 2.39. The third kappa shape index (κ3) is 3.56. The minimum Gasteiger partial charge on any atom is -0.380 e. The average molecular weight is 312 g/mol. The third-order valence-corrected chi connectivity index (χ3v) is 4.09. The number of nitrogens with one attached hydrogen (secondary N) is 1. The highest BCUT2D eigenvalue weighted by molar-refractivity contribution is 9.10. The second-order valence-electron chi connectivity index (χ2n) is 3.67. The minimum absolute atomic E-state index is 0.636. The van der Waals surface area contributed by atoms with Crippen molar-refractivity contribution in [2.24, 2.45) is 0 Å². The summed E-state index contributed by atoms with van der Waals surface area (Å²) in [7, 11) is 1.72. The van der Waals surface area contributed by atoms with Crippen molar-refractivity contribution in [3.8, 4) is 0 Å². The Morgan fingerprint density at radius 1 is 1.35 bits per heavy atom. The van der Waals surface area contributed by atoms with E-state index < -0.39 is 0 Å². The van der Waals surface area contributed by atoms with Crippen molar-refractivity contribution in [1.29, 1.82) is 0 Å². The van der Waals surface area contributed by atoms with Gasteiger partial charge in [-0.3, -0.25) is 0 Å². The number of ether oxygens (including phenoxy) is 1. The average Bonchev–Trinajstić information content (AvgIpc) is 2.74. The monoisotopic (exact) mass is 311 g/mol. The van der Waals surface area contributed by atoms with E-state index in [2.05, 4.69) is 44.8 Å². The highest BCUT2D eigenvalue weighted by Crippen LogP contribution is 2.22. The minimum atomic E-state index is 0.636. The van der Waals surface area contributed by atoms with Crippen LogP contribution in [0.15, 0.2) is 40.2 Å². The molecule has 0 bridgehead atoms. The molecule has 0 aliphatic carbocycles. The molecule has 1 aromatic heterocycles. The van der Waals surface area contributed by atoms with Crippen LogP contribution in [-0.2, 0) is 17.9 Å². The fraction of sp³-hybridized carbons (Fsp3) is 0.231. The van der Waals surface area contributed by atoms with Crippen molar-refractivity contribution in [2.45, 2.75) is 13.2 Å². The topological polar surface area (TPSA) is 21.3 Å². The molecule has 0 aliphatic rings. The van der Waals surface area contributed by atoms with Crippen molar-refractivity contribution in [1.82, 2.24) is 0 Å². The molecule has 0 saturated carbocycles. The van der Waals surface area contributed by atoms with E-state index in [1.54, 1.807) is 18.4 Å². The Hall–Kier alpha value is -0.840. The Labute approximate surface area is 114 Å². The van der Waals surface area contributed by atoms with E-state index in [0.29, 0.717) is 6.61 Å². The van der Waals surface area contributed by atoms with Gasteiger partial charge in [0.1, 0.15) is 0 Å². The summed E-state index contributed by atoms with van der Waals surface area (Å²) in [4.78, 5) is 1.31. The zero-order valence-electron chi connectivity index (χ0n) is 9.57. The zero-order valence-corrected chi connectivity index (χ0v) is 12.0. The summed E-state index contributed by atoms with van der Waals surface area (Å²) in [5, 5.41) is 5.53. The quantitative estimate of drug-likeness (QED) is 0.890. The number of rotatable bonds is 5. The number of hydrogen-bond donors (Lipinski definition) is 1. The molecule has 2 nitrogen and oxygen atoms in total. The number of halogens is 1. The molecular weight excluding hydrogens is 298 g/mol. The van der Waals surface area contributed by atoms with Crippen LogP contribution in [0.25, 0.3) is 0 Å². The Morgan fingerprint density at radius 3 is 2.88 bits per heavy atom. The van der Waals surface area contributed by atoms with Gasteiger partial charge in [0.05, 0.1) is 6.61 Å². The molecular formula is C13H14BrNOS. The summed E-state index contributed by atoms with van der Waals surface area (Å²) < 4.78 is 6.32. The molecule has 0 fully saturated rings. The molecule has 1 heterocycles. The Morgan fingerprint density at radius 2 is 2.18 bits per heavy atom. The number of anilines is 1. The molecule has 0 atom stereocenters. The van der Waals surface area contributed by atoms with E-state index in [9.17, 15) is 0 Å². The van der Waals surface area contributed by atoms with Gasteiger partial charge in [-0.2, -0.15) is 0 Å². The summed E-state index contributed by atoms with van der Waals surface area (Å²) in [5.41, 5.74) is 2.32. The lowest BCUT2D eigenvalue weighted by atomic mass is 10.2. The van der Waals surface area contributed by atoms with Crippen LogP contribution >= 0.6 is 27.3 Å². The van der Waals surface area contributed by atoms with Crippen molar-refractivity contribution >= 4 is 33.0 Å². The van der Waals surface area contributed by atoms with Crippen LogP contribution in [0.3, 0.4) is 0 Å². The van der Waals surface area contributed by atoms with Gasteiger partial charge in [0, 0.05) is 39.6 Å². The predicted octanol–water partition coefficient (Wildman–Crippen LogP) is 4.27. The van der Waals surface area contributed by atoms with Gasteiger partial charge < -0.3 is 10.1 Å². The van der Waals surface area contributed by atoms with Gasteiger partial charge in [0.2, 0.25) is 0 Å². The summed E-state index contributed by atoms with van der Waals surface area (Å²) in [6.45, 7) is 1.48. The molecule has 4 heteroatoms. The summed E-state index contributed by atoms with van der Waals surface area (Å²) in [6.07, 6.45) is 0. The first-order valence-corrected chi connectivity index (χ1v) is 7.00. The van der Waals surface area contributed by atoms with Crippen LogP contribution in [0.5, 0.6) is 0 Å². The van der Waals surface area contributed by atoms with Gasteiger partial charge in [0.15, 0.2) is 0 Å². The van der Waals surface area contributed by atoms with Gasteiger partial charge in [-0.15, -0.1) is 11.3 Å². The van der Waals surface area contributed by atoms with Crippen LogP contribution in [0.2, 0.25) is 0 Å². The van der Waals surface area contributed by atoms with Gasteiger partial charge in [0.25, 0.3) is 0 Å². The molecule has 2 rings (SSSR count). The van der Waals surface area contributed by atoms with Crippen molar-refractivity contribution in [3.63, 3.8) is 0 Å². The lowest BCUT2D eigenvalue weighted by Gasteiger charge is -2.10. The number of methoxy groups -OCH3 is 1. The molecule has 0 amide bonds. The van der Waals surface area contributed by atoms with Crippen LogP contribution < -0.4 is 5.32 Å². The van der Waals surface area contributed by atoms with Crippen LogP contribution in [0.1, 0.15) is 10.4 Å². The van der Waals surface area contributed by atoms with Crippen molar-refractivity contribution in [2.75, 3.05) is 12.4 Å². The largest absolute Gasteiger partial charge is 0.380 e. The maximum Gasteiger partial charge on any atom is 0.0733 e. The lowest BCUT2D eigenvalue weighted by molar-refractivity contribution is 0.185. The molecule has 90 valence electrons. The predicted molar refractivity (Wildman–Crippen MR) is 76.5 cm³/mol. The van der Waals surface area contributed by atoms with Gasteiger partial charge in [-0.25, -0.2) is 0 Å². The van der Waals surface area contributed by atoms with Crippen molar-refractivity contribution in [3.05, 3.63) is 50.6 Å². The molecule has 2 aromatic rings. The first-order valence-electron chi connectivity index (χ1n) is 5.33. The van der Waals surface area contributed by atoms with E-state index >= 15 is 0 Å². The molecule has 0 aliphatic heterocycles. The molecule has 0 spiro atoms. The standard InChI is InChI=1S/C13H14BrNOS/c1-16-8-10-4-2-3-5-13(10)15-7-12-6-11(14)9-17-12/h2-6,9,15H,7-8H2,1H3. The molecule has 0 radical (unpaired) electrons. The van der Waals surface area contributed by atoms with E-state index in [1.807, 2.05) is 12.1 Å². The number of benzene rings is 1. The Kier molecular flexibility index (Phi) is 4.59. The molecule has 0 saturated heterocycles. The van der Waals surface area contributed by atoms with Gasteiger partial charge in [-0.05, 0) is 28.1 Å².